The molecule has 2 N–H and O–H groups in total. The monoisotopic (exact) mass is 573 g/mol. The molecule has 0 saturated heterocycles. The van der Waals surface area contributed by atoms with Gasteiger partial charge in [-0.2, -0.15) is 18.3 Å². The van der Waals surface area contributed by atoms with Crippen molar-refractivity contribution in [2.24, 2.45) is 0 Å². The van der Waals surface area contributed by atoms with Crippen LogP contribution in [0.25, 0.3) is 0 Å². The predicted octanol–water partition coefficient (Wildman–Crippen LogP) is 6.96. The number of rotatable bonds is 8. The Morgan fingerprint density at radius 1 is 1.20 bits per heavy atom. The molecule has 5 rings (SSSR count). The maximum Gasteiger partial charge on any atom is 0.410 e. The van der Waals surface area contributed by atoms with E-state index in [9.17, 15) is 28.1 Å². The molecule has 1 aliphatic heterocycles. The van der Waals surface area contributed by atoms with Crippen LogP contribution in [0, 0.1) is 10.1 Å². The molecular formula is C26H22F3N5O5S. The number of non-ortho nitro benzene ring substituents is 1. The van der Waals surface area contributed by atoms with Crippen molar-refractivity contribution in [2.45, 2.75) is 31.6 Å². The maximum atomic E-state index is 13.9. The Balaban J connectivity index is 1.42. The number of carbonyl (C=O) groups is 1. The third kappa shape index (κ3) is 5.71. The SMILES string of the molecule is CCOc1ccc(Oc2cc(NC(=O)c3cnn4c3N[C@@H](c3cccs3)C[C@@H]4C(F)(F)F)cc([N+](=O)[O-])c2)cc1. The predicted molar refractivity (Wildman–Crippen MR) is 141 cm³/mol. The van der Waals surface area contributed by atoms with Crippen LogP contribution >= 0.6 is 11.3 Å². The van der Waals surface area contributed by atoms with E-state index in [1.807, 2.05) is 6.92 Å². The second kappa shape index (κ2) is 10.9. The van der Waals surface area contributed by atoms with E-state index in [1.165, 1.54) is 23.5 Å². The number of nitrogens with one attached hydrogen (secondary N) is 2. The third-order valence-corrected chi connectivity index (χ3v) is 7.09. The minimum atomic E-state index is -4.60. The first kappa shape index (κ1) is 27.0. The van der Waals surface area contributed by atoms with Crippen molar-refractivity contribution in [3.63, 3.8) is 0 Å². The molecular weight excluding hydrogens is 551 g/mol. The molecule has 0 unspecified atom stereocenters. The van der Waals surface area contributed by atoms with E-state index in [0.717, 1.165) is 16.9 Å². The van der Waals surface area contributed by atoms with Gasteiger partial charge in [0.05, 0.1) is 35.5 Å². The number of hydrogen-bond donors (Lipinski definition) is 2. The normalized spacial score (nSPS) is 16.5. The summed E-state index contributed by atoms with van der Waals surface area (Å²) in [4.78, 5) is 24.8. The van der Waals surface area contributed by atoms with Crippen molar-refractivity contribution >= 4 is 34.4 Å². The van der Waals surface area contributed by atoms with Gasteiger partial charge in [-0.15, -0.1) is 11.3 Å². The van der Waals surface area contributed by atoms with Crippen molar-refractivity contribution in [1.29, 1.82) is 0 Å². The molecule has 0 fully saturated rings. The number of ether oxygens (including phenoxy) is 2. The van der Waals surface area contributed by atoms with Crippen LogP contribution < -0.4 is 20.1 Å². The van der Waals surface area contributed by atoms with E-state index in [-0.39, 0.29) is 34.9 Å². The highest BCUT2D eigenvalue weighted by molar-refractivity contribution is 7.10. The number of alkyl halides is 3. The topological polar surface area (TPSA) is 121 Å². The van der Waals surface area contributed by atoms with Gasteiger partial charge in [0, 0.05) is 23.4 Å². The third-order valence-electron chi connectivity index (χ3n) is 6.10. The average Bonchev–Trinajstić information content (AvgIpc) is 3.59. The molecule has 40 heavy (non-hydrogen) atoms. The lowest BCUT2D eigenvalue weighted by Gasteiger charge is -2.33. The van der Waals surface area contributed by atoms with Crippen molar-refractivity contribution < 1.29 is 32.4 Å². The fourth-order valence-electron chi connectivity index (χ4n) is 4.33. The number of thiophene rings is 1. The van der Waals surface area contributed by atoms with Crippen LogP contribution in [0.15, 0.2) is 66.2 Å². The lowest BCUT2D eigenvalue weighted by atomic mass is 10.0. The van der Waals surface area contributed by atoms with E-state index in [2.05, 4.69) is 15.7 Å². The van der Waals surface area contributed by atoms with Crippen molar-refractivity contribution in [3.8, 4) is 17.2 Å². The number of anilines is 2. The molecule has 0 saturated carbocycles. The molecule has 3 heterocycles. The van der Waals surface area contributed by atoms with Gasteiger partial charge in [0.25, 0.3) is 11.6 Å². The fraction of sp³-hybridized carbons (Fsp3) is 0.231. The highest BCUT2D eigenvalue weighted by Gasteiger charge is 2.47. The summed E-state index contributed by atoms with van der Waals surface area (Å²) in [6, 6.07) is 11.1. The molecule has 208 valence electrons. The smallest absolute Gasteiger partial charge is 0.410 e. The molecule has 1 aliphatic rings. The summed E-state index contributed by atoms with van der Waals surface area (Å²) in [5.74, 6) is 0.163. The first-order valence-electron chi connectivity index (χ1n) is 12.1. The molecule has 2 aromatic carbocycles. The molecule has 4 aromatic rings. The van der Waals surface area contributed by atoms with Gasteiger partial charge >= 0.3 is 6.18 Å². The Morgan fingerprint density at radius 3 is 2.60 bits per heavy atom. The zero-order valence-electron chi connectivity index (χ0n) is 20.8. The van der Waals surface area contributed by atoms with Crippen LogP contribution in [0.2, 0.25) is 0 Å². The number of fused-ring (bicyclic) bond motifs is 1. The molecule has 2 atom stereocenters. The van der Waals surface area contributed by atoms with Gasteiger partial charge in [0.1, 0.15) is 28.6 Å². The summed E-state index contributed by atoms with van der Waals surface area (Å²) < 4.78 is 53.7. The van der Waals surface area contributed by atoms with Crippen LogP contribution in [-0.4, -0.2) is 33.4 Å². The summed E-state index contributed by atoms with van der Waals surface area (Å²) in [5, 5.41) is 22.7. The van der Waals surface area contributed by atoms with E-state index < -0.39 is 29.1 Å². The van der Waals surface area contributed by atoms with Crippen LogP contribution in [0.3, 0.4) is 0 Å². The Bertz CT molecular complexity index is 1520. The number of carbonyl (C=O) groups excluding carboxylic acids is 1. The molecule has 0 bridgehead atoms. The van der Waals surface area contributed by atoms with Crippen molar-refractivity contribution in [3.05, 3.63) is 86.7 Å². The summed E-state index contributed by atoms with van der Waals surface area (Å²) in [6.45, 7) is 2.33. The molecule has 0 spiro atoms. The second-order valence-electron chi connectivity index (χ2n) is 8.79. The summed E-state index contributed by atoms with van der Waals surface area (Å²) in [7, 11) is 0. The zero-order chi connectivity index (χ0) is 28.4. The fourth-order valence-corrected chi connectivity index (χ4v) is 5.12. The van der Waals surface area contributed by atoms with Gasteiger partial charge in [-0.1, -0.05) is 6.07 Å². The largest absolute Gasteiger partial charge is 0.494 e. The number of halogens is 3. The highest BCUT2D eigenvalue weighted by Crippen LogP contribution is 2.45. The lowest BCUT2D eigenvalue weighted by Crippen LogP contribution is -2.36. The average molecular weight is 574 g/mol. The van der Waals surface area contributed by atoms with Crippen LogP contribution in [0.4, 0.5) is 30.4 Å². The quantitative estimate of drug-likeness (QED) is 0.173. The first-order valence-corrected chi connectivity index (χ1v) is 13.0. The van der Waals surface area contributed by atoms with Crippen molar-refractivity contribution in [1.82, 2.24) is 9.78 Å². The molecule has 10 nitrogen and oxygen atoms in total. The molecule has 0 aliphatic carbocycles. The number of nitrogens with zero attached hydrogens (tertiary/aromatic N) is 3. The van der Waals surface area contributed by atoms with Gasteiger partial charge in [-0.05, 0) is 42.6 Å². The molecule has 0 radical (unpaired) electrons. The van der Waals surface area contributed by atoms with E-state index in [4.69, 9.17) is 9.47 Å². The van der Waals surface area contributed by atoms with Crippen LogP contribution in [0.1, 0.15) is 40.7 Å². The number of hydrogen-bond acceptors (Lipinski definition) is 8. The number of nitro benzene ring substituents is 1. The Labute approximate surface area is 229 Å². The maximum absolute atomic E-state index is 13.9. The van der Waals surface area contributed by atoms with Crippen LogP contribution in [-0.2, 0) is 0 Å². The van der Waals surface area contributed by atoms with Gasteiger partial charge in [0.15, 0.2) is 6.04 Å². The first-order chi connectivity index (χ1) is 19.1. The minimum absolute atomic E-state index is 0.0121. The lowest BCUT2D eigenvalue weighted by molar-refractivity contribution is -0.384. The summed E-state index contributed by atoms with van der Waals surface area (Å²) in [5.41, 5.74) is -0.488. The number of amides is 1. The van der Waals surface area contributed by atoms with Gasteiger partial charge in [-0.25, -0.2) is 4.68 Å². The van der Waals surface area contributed by atoms with Gasteiger partial charge in [0.2, 0.25) is 0 Å². The van der Waals surface area contributed by atoms with E-state index in [1.54, 1.807) is 41.8 Å². The highest BCUT2D eigenvalue weighted by atomic mass is 32.1. The standard InChI is InChI=1S/C26H22F3N5O5S/c1-2-38-17-5-7-18(8-6-17)39-19-11-15(10-16(12-19)34(36)37)31-25(35)20-14-30-33-23(26(27,28)29)13-21(32-24(20)33)22-4-3-9-40-22/h3-12,14,21,23,32H,2,13H2,1H3,(H,31,35)/t21-,23-/m1/s1. The number of nitro groups is 1. The zero-order valence-corrected chi connectivity index (χ0v) is 21.7. The number of aromatic nitrogens is 2. The van der Waals surface area contributed by atoms with Gasteiger partial charge < -0.3 is 20.1 Å². The molecule has 14 heteroatoms. The Hall–Kier alpha value is -4.59. The van der Waals surface area contributed by atoms with Crippen LogP contribution in [0.5, 0.6) is 17.2 Å². The Morgan fingerprint density at radius 2 is 1.95 bits per heavy atom. The molecule has 2 aromatic heterocycles. The Kier molecular flexibility index (Phi) is 7.34. The van der Waals surface area contributed by atoms with E-state index >= 15 is 0 Å². The summed E-state index contributed by atoms with van der Waals surface area (Å²) in [6.07, 6.45) is -3.85. The minimum Gasteiger partial charge on any atom is -0.494 e. The van der Waals surface area contributed by atoms with Gasteiger partial charge in [-0.3, -0.25) is 14.9 Å². The van der Waals surface area contributed by atoms with E-state index in [0.29, 0.717) is 23.0 Å². The van der Waals surface area contributed by atoms with Crippen molar-refractivity contribution in [2.75, 3.05) is 17.2 Å². The molecule has 1 amide bonds. The second-order valence-corrected chi connectivity index (χ2v) is 9.77. The summed E-state index contributed by atoms with van der Waals surface area (Å²) >= 11 is 1.30. The number of benzene rings is 2.